The van der Waals surface area contributed by atoms with Crippen LogP contribution in [0.4, 0.5) is 13.2 Å². The third-order valence-electron chi connectivity index (χ3n) is 5.67. The number of amides is 1. The summed E-state index contributed by atoms with van der Waals surface area (Å²) >= 11 is 0. The number of aliphatic carboxylic acids is 1. The molecule has 0 aromatic carbocycles. The molecule has 3 heterocycles. The molecule has 2 N–H and O–H groups in total. The number of alkyl halides is 3. The molecule has 0 radical (unpaired) electrons. The van der Waals surface area contributed by atoms with Crippen LogP contribution < -0.4 is 5.32 Å². The Hall–Kier alpha value is -2.14. The highest BCUT2D eigenvalue weighted by atomic mass is 19.4. The number of carboxylic acid groups (broad SMARTS) is 1. The van der Waals surface area contributed by atoms with Crippen molar-refractivity contribution in [1.82, 2.24) is 19.8 Å². The predicted octanol–water partition coefficient (Wildman–Crippen LogP) is 2.17. The molecule has 1 aromatic rings. The van der Waals surface area contributed by atoms with Crippen molar-refractivity contribution in [3.63, 3.8) is 0 Å². The zero-order valence-corrected chi connectivity index (χ0v) is 17.4. The van der Waals surface area contributed by atoms with Gasteiger partial charge in [-0.05, 0) is 37.5 Å². The number of carbonyl (C=O) groups excluding carboxylic acids is 1. The van der Waals surface area contributed by atoms with Gasteiger partial charge in [0.1, 0.15) is 5.82 Å². The van der Waals surface area contributed by atoms with Crippen LogP contribution in [-0.2, 0) is 34.0 Å². The summed E-state index contributed by atoms with van der Waals surface area (Å²) in [7, 11) is 0. The van der Waals surface area contributed by atoms with E-state index in [2.05, 4.69) is 21.0 Å². The van der Waals surface area contributed by atoms with Gasteiger partial charge in [-0.25, -0.2) is 9.78 Å². The quantitative estimate of drug-likeness (QED) is 0.695. The number of imidazole rings is 1. The summed E-state index contributed by atoms with van der Waals surface area (Å²) in [4.78, 5) is 28.0. The minimum atomic E-state index is -5.08. The normalized spacial score (nSPS) is 19.8. The van der Waals surface area contributed by atoms with Crippen molar-refractivity contribution < 1.29 is 32.6 Å². The first-order valence-electron chi connectivity index (χ1n) is 10.6. The number of halogens is 3. The number of nitrogens with zero attached hydrogens (tertiary/aromatic N) is 3. The van der Waals surface area contributed by atoms with E-state index in [0.717, 1.165) is 56.8 Å². The molecule has 3 aliphatic rings. The lowest BCUT2D eigenvalue weighted by Gasteiger charge is -2.32. The summed E-state index contributed by atoms with van der Waals surface area (Å²) in [6, 6.07) is 0. The minimum Gasteiger partial charge on any atom is -0.475 e. The van der Waals surface area contributed by atoms with Crippen molar-refractivity contribution >= 4 is 11.9 Å². The van der Waals surface area contributed by atoms with E-state index in [0.29, 0.717) is 18.9 Å². The molecular weight excluding hydrogens is 417 g/mol. The van der Waals surface area contributed by atoms with E-state index in [4.69, 9.17) is 19.6 Å². The summed E-state index contributed by atoms with van der Waals surface area (Å²) in [6.07, 6.45) is 2.52. The third kappa shape index (κ3) is 7.80. The van der Waals surface area contributed by atoms with Gasteiger partial charge in [0.25, 0.3) is 0 Å². The van der Waals surface area contributed by atoms with Crippen LogP contribution in [0.2, 0.25) is 0 Å². The number of aromatic nitrogens is 2. The molecule has 0 spiro atoms. The number of hydrogen-bond acceptors (Lipinski definition) is 5. The van der Waals surface area contributed by atoms with Gasteiger partial charge in [-0.15, -0.1) is 0 Å². The molecular formula is C20H29F3N4O4. The Morgan fingerprint density at radius 2 is 1.84 bits per heavy atom. The molecule has 1 aliphatic carbocycles. The van der Waals surface area contributed by atoms with Gasteiger partial charge in [0, 0.05) is 45.5 Å². The number of hydrogen-bond donors (Lipinski definition) is 2. The second kappa shape index (κ2) is 10.4. The number of carbonyl (C=O) groups is 2. The Kier molecular flexibility index (Phi) is 7.93. The average Bonchev–Trinajstić information content (AvgIpc) is 3.43. The molecule has 2 fully saturated rings. The highest BCUT2D eigenvalue weighted by Crippen LogP contribution is 2.32. The largest absolute Gasteiger partial charge is 0.490 e. The van der Waals surface area contributed by atoms with Gasteiger partial charge >= 0.3 is 12.1 Å². The van der Waals surface area contributed by atoms with E-state index in [1.165, 1.54) is 25.7 Å². The van der Waals surface area contributed by atoms with Crippen LogP contribution in [0.25, 0.3) is 0 Å². The topological polar surface area (TPSA) is 96.7 Å². The van der Waals surface area contributed by atoms with E-state index in [1.54, 1.807) is 0 Å². The third-order valence-corrected chi connectivity index (χ3v) is 5.67. The maximum absolute atomic E-state index is 11.8. The molecule has 1 amide bonds. The first-order chi connectivity index (χ1) is 14.7. The van der Waals surface area contributed by atoms with Gasteiger partial charge in [0.15, 0.2) is 0 Å². The van der Waals surface area contributed by atoms with Crippen LogP contribution in [0.15, 0.2) is 6.20 Å². The number of rotatable bonds is 6. The van der Waals surface area contributed by atoms with E-state index in [9.17, 15) is 18.0 Å². The van der Waals surface area contributed by atoms with Gasteiger partial charge in [0.05, 0.1) is 18.8 Å². The SMILES string of the molecule is O=C(CC1CC1)NCc1cn2c(n1)CN(CC1CCOCC1)CC2.O=C(O)C(F)(F)F. The first kappa shape index (κ1) is 23.5. The van der Waals surface area contributed by atoms with Crippen LogP contribution in [0.3, 0.4) is 0 Å². The van der Waals surface area contributed by atoms with Crippen molar-refractivity contribution in [3.05, 3.63) is 17.7 Å². The molecule has 8 nitrogen and oxygen atoms in total. The fraction of sp³-hybridized carbons (Fsp3) is 0.750. The highest BCUT2D eigenvalue weighted by molar-refractivity contribution is 5.76. The summed E-state index contributed by atoms with van der Waals surface area (Å²) < 4.78 is 39.4. The number of fused-ring (bicyclic) bond motifs is 1. The fourth-order valence-electron chi connectivity index (χ4n) is 3.74. The van der Waals surface area contributed by atoms with Gasteiger partial charge in [-0.3, -0.25) is 9.69 Å². The van der Waals surface area contributed by atoms with E-state index in [1.807, 2.05) is 0 Å². The Morgan fingerprint density at radius 3 is 2.45 bits per heavy atom. The molecule has 1 aromatic heterocycles. The Bertz CT molecular complexity index is 758. The molecule has 0 bridgehead atoms. The Balaban J connectivity index is 0.000000339. The smallest absolute Gasteiger partial charge is 0.475 e. The number of ether oxygens (including phenoxy) is 1. The maximum Gasteiger partial charge on any atom is 0.490 e. The second-order valence-electron chi connectivity index (χ2n) is 8.36. The Morgan fingerprint density at radius 1 is 1.16 bits per heavy atom. The first-order valence-corrected chi connectivity index (χ1v) is 10.6. The van der Waals surface area contributed by atoms with Gasteiger partial charge in [0.2, 0.25) is 5.91 Å². The van der Waals surface area contributed by atoms with Crippen molar-refractivity contribution in [1.29, 1.82) is 0 Å². The van der Waals surface area contributed by atoms with Gasteiger partial charge in [-0.2, -0.15) is 13.2 Å². The van der Waals surface area contributed by atoms with Crippen LogP contribution in [0.5, 0.6) is 0 Å². The van der Waals surface area contributed by atoms with Crippen LogP contribution in [0, 0.1) is 11.8 Å². The lowest BCUT2D eigenvalue weighted by atomic mass is 9.99. The van der Waals surface area contributed by atoms with Crippen LogP contribution in [0.1, 0.15) is 43.6 Å². The second-order valence-corrected chi connectivity index (χ2v) is 8.36. The standard InChI is InChI=1S/C18H28N4O2.C2HF3O2/c23-18(9-14-1-2-14)19-10-16-12-22-6-5-21(13-17(22)20-16)11-15-3-7-24-8-4-15;3-2(4,5)1(6)7/h12,14-15H,1-11,13H2,(H,19,23);(H,6,7). The maximum atomic E-state index is 11.8. The van der Waals surface area contributed by atoms with Gasteiger partial charge in [-0.1, -0.05) is 0 Å². The summed E-state index contributed by atoms with van der Waals surface area (Å²) in [5.74, 6) is -0.0442. The molecule has 0 unspecified atom stereocenters. The number of nitrogens with one attached hydrogen (secondary N) is 1. The lowest BCUT2D eigenvalue weighted by Crippen LogP contribution is -2.38. The molecule has 1 saturated heterocycles. The van der Waals surface area contributed by atoms with Crippen molar-refractivity contribution in [3.8, 4) is 0 Å². The molecule has 0 atom stereocenters. The summed E-state index contributed by atoms with van der Waals surface area (Å²) in [5, 5.41) is 10.1. The molecule has 1 saturated carbocycles. The van der Waals surface area contributed by atoms with Crippen LogP contribution >= 0.6 is 0 Å². The molecule has 2 aliphatic heterocycles. The minimum absolute atomic E-state index is 0.171. The molecule has 174 valence electrons. The highest BCUT2D eigenvalue weighted by Gasteiger charge is 2.38. The summed E-state index contributed by atoms with van der Waals surface area (Å²) in [6.45, 7) is 6.56. The monoisotopic (exact) mass is 446 g/mol. The Labute approximate surface area is 178 Å². The van der Waals surface area contributed by atoms with E-state index < -0.39 is 12.1 Å². The molecule has 31 heavy (non-hydrogen) atoms. The molecule has 4 rings (SSSR count). The number of carboxylic acids is 1. The zero-order chi connectivity index (χ0) is 22.4. The summed E-state index contributed by atoms with van der Waals surface area (Å²) in [5.41, 5.74) is 0.988. The zero-order valence-electron chi connectivity index (χ0n) is 17.4. The van der Waals surface area contributed by atoms with E-state index in [-0.39, 0.29) is 5.91 Å². The van der Waals surface area contributed by atoms with Crippen molar-refractivity contribution in [2.75, 3.05) is 26.3 Å². The van der Waals surface area contributed by atoms with Crippen molar-refractivity contribution in [2.24, 2.45) is 11.8 Å². The predicted molar refractivity (Wildman–Crippen MR) is 104 cm³/mol. The fourth-order valence-corrected chi connectivity index (χ4v) is 3.74. The van der Waals surface area contributed by atoms with E-state index >= 15 is 0 Å². The van der Waals surface area contributed by atoms with Crippen LogP contribution in [-0.4, -0.2) is 63.9 Å². The lowest BCUT2D eigenvalue weighted by molar-refractivity contribution is -0.192. The van der Waals surface area contributed by atoms with Gasteiger partial charge < -0.3 is 19.7 Å². The molecule has 11 heteroatoms. The van der Waals surface area contributed by atoms with Crippen molar-refractivity contribution in [2.45, 2.75) is 57.9 Å². The average molecular weight is 446 g/mol.